The largest absolute Gasteiger partial charge is 0.372 e. The Hall–Kier alpha value is -1.72. The summed E-state index contributed by atoms with van der Waals surface area (Å²) in [5, 5.41) is 2.87. The molecule has 5 heteroatoms. The second-order valence-corrected chi connectivity index (χ2v) is 6.67. The number of anilines is 1. The number of para-hydroxylation sites is 1. The SMILES string of the molecule is CC(=O)c1ccccc1NC(=O)CN1C[C@@H](C)O[C@@H](C2CC2)C1. The van der Waals surface area contributed by atoms with Gasteiger partial charge in [0.1, 0.15) is 0 Å². The molecule has 0 spiro atoms. The Morgan fingerprint density at radius 1 is 1.26 bits per heavy atom. The number of nitrogens with zero attached hydrogens (tertiary/aromatic N) is 1. The fourth-order valence-corrected chi connectivity index (χ4v) is 3.23. The molecule has 1 amide bonds. The quantitative estimate of drug-likeness (QED) is 0.847. The fraction of sp³-hybridized carbons (Fsp3) is 0.556. The van der Waals surface area contributed by atoms with Crippen LogP contribution in [0, 0.1) is 5.92 Å². The van der Waals surface area contributed by atoms with Crippen LogP contribution in [-0.2, 0) is 9.53 Å². The van der Waals surface area contributed by atoms with Gasteiger partial charge in [-0.05, 0) is 44.7 Å². The van der Waals surface area contributed by atoms with Crippen molar-refractivity contribution < 1.29 is 14.3 Å². The molecule has 1 aromatic rings. The number of hydrogen-bond acceptors (Lipinski definition) is 4. The van der Waals surface area contributed by atoms with Crippen LogP contribution in [0.2, 0.25) is 0 Å². The van der Waals surface area contributed by atoms with Crippen molar-refractivity contribution in [2.75, 3.05) is 25.0 Å². The molecule has 124 valence electrons. The molecule has 23 heavy (non-hydrogen) atoms. The van der Waals surface area contributed by atoms with Crippen LogP contribution in [0.3, 0.4) is 0 Å². The highest BCUT2D eigenvalue weighted by Gasteiger charge is 2.37. The van der Waals surface area contributed by atoms with E-state index in [1.165, 1.54) is 19.8 Å². The third-order valence-corrected chi connectivity index (χ3v) is 4.46. The molecule has 2 fully saturated rings. The molecule has 2 aliphatic rings. The zero-order valence-corrected chi connectivity index (χ0v) is 13.7. The summed E-state index contributed by atoms with van der Waals surface area (Å²) < 4.78 is 5.97. The van der Waals surface area contributed by atoms with E-state index < -0.39 is 0 Å². The topological polar surface area (TPSA) is 58.6 Å². The van der Waals surface area contributed by atoms with Crippen LogP contribution in [0.25, 0.3) is 0 Å². The molecule has 1 heterocycles. The second kappa shape index (κ2) is 6.81. The third kappa shape index (κ3) is 4.18. The lowest BCUT2D eigenvalue weighted by atomic mass is 10.1. The molecule has 0 aromatic heterocycles. The molecule has 5 nitrogen and oxygen atoms in total. The Bertz CT molecular complexity index is 598. The van der Waals surface area contributed by atoms with Crippen molar-refractivity contribution in [1.82, 2.24) is 4.90 Å². The van der Waals surface area contributed by atoms with Gasteiger partial charge >= 0.3 is 0 Å². The molecule has 1 saturated heterocycles. The monoisotopic (exact) mass is 316 g/mol. The Balaban J connectivity index is 1.59. The number of carbonyl (C=O) groups excluding carboxylic acids is 2. The van der Waals surface area contributed by atoms with Gasteiger partial charge in [0.15, 0.2) is 5.78 Å². The van der Waals surface area contributed by atoms with E-state index in [0.717, 1.165) is 13.1 Å². The lowest BCUT2D eigenvalue weighted by molar-refractivity contribution is -0.122. The minimum atomic E-state index is -0.0812. The second-order valence-electron chi connectivity index (χ2n) is 6.67. The van der Waals surface area contributed by atoms with Crippen LogP contribution < -0.4 is 5.32 Å². The van der Waals surface area contributed by atoms with Crippen LogP contribution in [-0.4, -0.2) is 48.4 Å². The first-order valence-corrected chi connectivity index (χ1v) is 8.30. The molecule has 1 aliphatic heterocycles. The number of benzene rings is 1. The number of ketones is 1. The zero-order chi connectivity index (χ0) is 16.4. The number of ether oxygens (including phenoxy) is 1. The minimum absolute atomic E-state index is 0.0466. The van der Waals surface area contributed by atoms with Gasteiger partial charge in [0.25, 0.3) is 0 Å². The van der Waals surface area contributed by atoms with Gasteiger partial charge in [-0.2, -0.15) is 0 Å². The van der Waals surface area contributed by atoms with Crippen LogP contribution in [0.4, 0.5) is 5.69 Å². The molecule has 1 saturated carbocycles. The summed E-state index contributed by atoms with van der Waals surface area (Å²) in [5.41, 5.74) is 1.14. The Morgan fingerprint density at radius 3 is 2.70 bits per heavy atom. The Labute approximate surface area is 137 Å². The summed E-state index contributed by atoms with van der Waals surface area (Å²) in [4.78, 5) is 26.1. The predicted octanol–water partition coefficient (Wildman–Crippen LogP) is 2.33. The van der Waals surface area contributed by atoms with Crippen LogP contribution in [0.1, 0.15) is 37.0 Å². The highest BCUT2D eigenvalue weighted by atomic mass is 16.5. The van der Waals surface area contributed by atoms with Gasteiger partial charge in [-0.15, -0.1) is 0 Å². The first-order chi connectivity index (χ1) is 11.0. The van der Waals surface area contributed by atoms with Crippen LogP contribution in [0.15, 0.2) is 24.3 Å². The zero-order valence-electron chi connectivity index (χ0n) is 13.7. The van der Waals surface area contributed by atoms with Gasteiger partial charge in [0.05, 0.1) is 24.4 Å². The minimum Gasteiger partial charge on any atom is -0.372 e. The van der Waals surface area contributed by atoms with Crippen molar-refractivity contribution >= 4 is 17.4 Å². The Morgan fingerprint density at radius 2 is 2.00 bits per heavy atom. The number of amides is 1. The summed E-state index contributed by atoms with van der Waals surface area (Å²) in [5.74, 6) is 0.541. The number of hydrogen-bond donors (Lipinski definition) is 1. The van der Waals surface area contributed by atoms with Crippen molar-refractivity contribution in [2.24, 2.45) is 5.92 Å². The summed E-state index contributed by atoms with van der Waals surface area (Å²) >= 11 is 0. The van der Waals surface area contributed by atoms with Crippen LogP contribution >= 0.6 is 0 Å². The third-order valence-electron chi connectivity index (χ3n) is 4.46. The van der Waals surface area contributed by atoms with E-state index in [1.807, 2.05) is 6.07 Å². The van der Waals surface area contributed by atoms with E-state index in [0.29, 0.717) is 23.7 Å². The van der Waals surface area contributed by atoms with Gasteiger partial charge in [-0.25, -0.2) is 0 Å². The van der Waals surface area contributed by atoms with Crippen molar-refractivity contribution in [1.29, 1.82) is 0 Å². The highest BCUT2D eigenvalue weighted by molar-refractivity contribution is 6.04. The smallest absolute Gasteiger partial charge is 0.238 e. The van der Waals surface area contributed by atoms with E-state index in [1.54, 1.807) is 18.2 Å². The number of Topliss-reactive ketones (excluding diaryl/α,β-unsaturated/α-hetero) is 1. The standard InChI is InChI=1S/C18H24N2O3/c1-12-9-20(10-17(23-12)14-7-8-14)11-18(22)19-16-6-4-3-5-15(16)13(2)21/h3-6,12,14,17H,7-11H2,1-2H3,(H,19,22)/t12-,17-/m1/s1. The molecule has 3 rings (SSSR count). The first-order valence-electron chi connectivity index (χ1n) is 8.30. The lowest BCUT2D eigenvalue weighted by Crippen LogP contribution is -2.49. The van der Waals surface area contributed by atoms with E-state index in [9.17, 15) is 9.59 Å². The number of carbonyl (C=O) groups is 2. The average molecular weight is 316 g/mol. The first kappa shape index (κ1) is 16.1. The predicted molar refractivity (Wildman–Crippen MR) is 88.6 cm³/mol. The molecule has 1 aliphatic carbocycles. The maximum absolute atomic E-state index is 12.3. The summed E-state index contributed by atoms with van der Waals surface area (Å²) in [6.07, 6.45) is 2.90. The summed E-state index contributed by atoms with van der Waals surface area (Å²) in [6, 6.07) is 7.12. The van der Waals surface area contributed by atoms with E-state index in [4.69, 9.17) is 4.74 Å². The van der Waals surface area contributed by atoms with Gasteiger partial charge in [0.2, 0.25) is 5.91 Å². The number of nitrogens with one attached hydrogen (secondary N) is 1. The van der Waals surface area contributed by atoms with Gasteiger partial charge in [-0.3, -0.25) is 14.5 Å². The molecule has 1 N–H and O–H groups in total. The fourth-order valence-electron chi connectivity index (χ4n) is 3.23. The van der Waals surface area contributed by atoms with Gasteiger partial charge in [0, 0.05) is 18.7 Å². The highest BCUT2D eigenvalue weighted by Crippen LogP contribution is 2.36. The molecule has 0 bridgehead atoms. The average Bonchev–Trinajstić information content (AvgIpc) is 3.31. The van der Waals surface area contributed by atoms with E-state index in [2.05, 4.69) is 17.1 Å². The lowest BCUT2D eigenvalue weighted by Gasteiger charge is -2.36. The maximum Gasteiger partial charge on any atom is 0.238 e. The molecular weight excluding hydrogens is 292 g/mol. The van der Waals surface area contributed by atoms with Crippen molar-refractivity contribution in [3.8, 4) is 0 Å². The van der Waals surface area contributed by atoms with Crippen LogP contribution in [0.5, 0.6) is 0 Å². The molecule has 2 atom stereocenters. The van der Waals surface area contributed by atoms with Crippen molar-refractivity contribution in [3.63, 3.8) is 0 Å². The Kier molecular flexibility index (Phi) is 4.78. The summed E-state index contributed by atoms with van der Waals surface area (Å²) in [6.45, 7) is 5.49. The molecule has 0 radical (unpaired) electrons. The number of rotatable bonds is 5. The number of morpholine rings is 1. The van der Waals surface area contributed by atoms with Gasteiger partial charge in [-0.1, -0.05) is 12.1 Å². The van der Waals surface area contributed by atoms with Crippen molar-refractivity contribution in [3.05, 3.63) is 29.8 Å². The molecular formula is C18H24N2O3. The molecule has 1 aromatic carbocycles. The van der Waals surface area contributed by atoms with E-state index >= 15 is 0 Å². The van der Waals surface area contributed by atoms with Crippen molar-refractivity contribution in [2.45, 2.75) is 38.9 Å². The molecule has 0 unspecified atom stereocenters. The normalized spacial score (nSPS) is 25.1. The van der Waals surface area contributed by atoms with Gasteiger partial charge < -0.3 is 10.1 Å². The van der Waals surface area contributed by atoms with E-state index in [-0.39, 0.29) is 23.9 Å². The maximum atomic E-state index is 12.3. The summed E-state index contributed by atoms with van der Waals surface area (Å²) in [7, 11) is 0.